The number of likely N-dealkylation sites (tertiary alicyclic amines) is 1. The largest absolute Gasteiger partial charge is 0.444 e. The van der Waals surface area contributed by atoms with E-state index < -0.39 is 11.8 Å². The first-order valence-corrected chi connectivity index (χ1v) is 14.5. The Morgan fingerprint density at radius 1 is 1.07 bits per heavy atom. The molecule has 3 aromatic heterocycles. The number of aryl methyl sites for hydroxylation is 1. The third-order valence-corrected chi connectivity index (χ3v) is 7.31. The number of carbonyl (C=O) groups excluding carboxylic acids is 2. The van der Waals surface area contributed by atoms with Crippen molar-refractivity contribution in [2.24, 2.45) is 0 Å². The topological polar surface area (TPSA) is 139 Å². The fourth-order valence-electron chi connectivity index (χ4n) is 5.13. The highest BCUT2D eigenvalue weighted by Crippen LogP contribution is 2.28. The highest BCUT2D eigenvalue weighted by molar-refractivity contribution is 5.97. The van der Waals surface area contributed by atoms with E-state index in [4.69, 9.17) is 4.74 Å². The number of rotatable bonds is 1. The van der Waals surface area contributed by atoms with Gasteiger partial charge in [0.2, 0.25) is 0 Å². The quantitative estimate of drug-likeness (QED) is 0.401. The molecular weight excluding hydrogens is 524 g/mol. The molecule has 0 saturated carbocycles. The number of anilines is 1. The molecule has 41 heavy (non-hydrogen) atoms. The van der Waals surface area contributed by atoms with E-state index in [-0.39, 0.29) is 23.7 Å². The second kappa shape index (κ2) is 12.3. The molecule has 2 aliphatic rings. The lowest BCUT2D eigenvalue weighted by Crippen LogP contribution is -2.42. The van der Waals surface area contributed by atoms with Gasteiger partial charge in [-0.05, 0) is 58.6 Å². The summed E-state index contributed by atoms with van der Waals surface area (Å²) in [4.78, 5) is 32.1. The molecule has 1 saturated heterocycles. The molecular formula is C29H40N8O4. The third kappa shape index (κ3) is 7.24. The minimum absolute atomic E-state index is 0.00692. The lowest BCUT2D eigenvalue weighted by atomic mass is 10.1. The average Bonchev–Trinajstić information content (AvgIpc) is 3.59. The van der Waals surface area contributed by atoms with Gasteiger partial charge in [-0.2, -0.15) is 10.2 Å². The van der Waals surface area contributed by atoms with Gasteiger partial charge in [-0.15, -0.1) is 0 Å². The summed E-state index contributed by atoms with van der Waals surface area (Å²) in [5.74, 6) is -0.296. The first kappa shape index (κ1) is 28.6. The van der Waals surface area contributed by atoms with Gasteiger partial charge in [0.05, 0.1) is 29.3 Å². The number of amides is 2. The number of aromatic nitrogens is 5. The van der Waals surface area contributed by atoms with Crippen LogP contribution in [0.15, 0.2) is 36.8 Å². The Kier molecular flexibility index (Phi) is 8.57. The van der Waals surface area contributed by atoms with Gasteiger partial charge in [0.1, 0.15) is 5.60 Å². The van der Waals surface area contributed by atoms with Crippen molar-refractivity contribution < 1.29 is 19.4 Å². The fourth-order valence-corrected chi connectivity index (χ4v) is 5.13. The Hall–Kier alpha value is -3.93. The zero-order valence-corrected chi connectivity index (χ0v) is 24.0. The van der Waals surface area contributed by atoms with Crippen molar-refractivity contribution in [2.75, 3.05) is 25.0 Å². The number of aliphatic hydroxyl groups is 1. The molecule has 2 aliphatic heterocycles. The van der Waals surface area contributed by atoms with Crippen LogP contribution in [0.25, 0.3) is 11.3 Å². The molecule has 0 spiro atoms. The monoisotopic (exact) mass is 564 g/mol. The molecule has 1 fully saturated rings. The van der Waals surface area contributed by atoms with Gasteiger partial charge in [-0.3, -0.25) is 14.2 Å². The summed E-state index contributed by atoms with van der Waals surface area (Å²) >= 11 is 0. The Bertz CT molecular complexity index is 1350. The summed E-state index contributed by atoms with van der Waals surface area (Å²) in [5, 5.41) is 26.3. The fraction of sp³-hybridized carbons (Fsp3) is 0.552. The van der Waals surface area contributed by atoms with Crippen LogP contribution in [0, 0.1) is 0 Å². The van der Waals surface area contributed by atoms with E-state index in [2.05, 4.69) is 25.8 Å². The number of aliphatic hydroxyl groups excluding tert-OH is 1. The van der Waals surface area contributed by atoms with Gasteiger partial charge in [0, 0.05) is 44.1 Å². The number of pyridine rings is 1. The Balaban J connectivity index is 1.36. The molecule has 220 valence electrons. The summed E-state index contributed by atoms with van der Waals surface area (Å²) in [6, 6.07) is 5.46. The second-order valence-corrected chi connectivity index (χ2v) is 11.7. The highest BCUT2D eigenvalue weighted by atomic mass is 16.6. The molecule has 0 aromatic carbocycles. The number of piperidine rings is 1. The molecule has 0 aliphatic carbocycles. The zero-order chi connectivity index (χ0) is 29.0. The summed E-state index contributed by atoms with van der Waals surface area (Å²) in [7, 11) is 0. The van der Waals surface area contributed by atoms with Gasteiger partial charge in [-0.25, -0.2) is 9.78 Å². The van der Waals surface area contributed by atoms with Crippen LogP contribution in [0.4, 0.5) is 10.5 Å². The van der Waals surface area contributed by atoms with E-state index in [0.29, 0.717) is 49.6 Å². The Morgan fingerprint density at radius 2 is 1.85 bits per heavy atom. The number of ether oxygens (including phenoxy) is 1. The van der Waals surface area contributed by atoms with Gasteiger partial charge in [0.25, 0.3) is 5.91 Å². The van der Waals surface area contributed by atoms with E-state index >= 15 is 0 Å². The number of hydrogen-bond donors (Lipinski definition) is 3. The molecule has 1 atom stereocenters. The number of fused-ring (bicyclic) bond motifs is 6. The van der Waals surface area contributed by atoms with Gasteiger partial charge in [-0.1, -0.05) is 18.9 Å². The minimum atomic E-state index is -1.16. The van der Waals surface area contributed by atoms with Gasteiger partial charge < -0.3 is 25.4 Å². The van der Waals surface area contributed by atoms with Crippen molar-refractivity contribution in [3.8, 4) is 11.3 Å². The predicted octanol–water partition coefficient (Wildman–Crippen LogP) is 4.12. The van der Waals surface area contributed by atoms with Crippen LogP contribution in [0.2, 0.25) is 0 Å². The van der Waals surface area contributed by atoms with E-state index in [9.17, 15) is 14.7 Å². The summed E-state index contributed by atoms with van der Waals surface area (Å²) < 4.78 is 9.21. The van der Waals surface area contributed by atoms with Crippen LogP contribution >= 0.6 is 0 Å². The lowest BCUT2D eigenvalue weighted by Gasteiger charge is -2.33. The summed E-state index contributed by atoms with van der Waals surface area (Å²) in [6.45, 7) is 7.97. The number of hydrogen-bond acceptors (Lipinski definition) is 8. The Morgan fingerprint density at radius 3 is 2.63 bits per heavy atom. The van der Waals surface area contributed by atoms with Gasteiger partial charge in [0.15, 0.2) is 11.9 Å². The van der Waals surface area contributed by atoms with Crippen molar-refractivity contribution in [2.45, 2.75) is 83.7 Å². The van der Waals surface area contributed by atoms with Crippen molar-refractivity contribution >= 4 is 17.7 Å². The van der Waals surface area contributed by atoms with E-state index in [1.807, 2.05) is 43.8 Å². The van der Waals surface area contributed by atoms with Crippen LogP contribution in [-0.4, -0.2) is 71.8 Å². The SMILES string of the molecule is CC(C)(C)OC(=O)N1CCC(n2cc3c(n2)C(=O)NCCCCCCn2cc(cn2)-c2cccc(n2)C(O)N3)CC1. The van der Waals surface area contributed by atoms with Crippen LogP contribution in [0.3, 0.4) is 0 Å². The first-order chi connectivity index (χ1) is 19.7. The molecule has 3 N–H and O–H groups in total. The van der Waals surface area contributed by atoms with Crippen LogP contribution in [0.1, 0.15) is 87.7 Å². The standard InChI is InChI=1S/C29H40N8O4/c1-29(2,3)41-28(40)35-15-11-21(12-16-35)37-19-24-25(34-37)27(39)30-13-6-4-5-7-14-36-18-20(17-31-36)22-9-8-10-23(32-22)26(38)33-24/h8-10,17-19,21,26,33,38H,4-7,11-16H2,1-3H3,(H,30,39). The Labute approximate surface area is 240 Å². The van der Waals surface area contributed by atoms with E-state index in [1.54, 1.807) is 28.0 Å². The van der Waals surface area contributed by atoms with Crippen LogP contribution < -0.4 is 10.6 Å². The first-order valence-electron chi connectivity index (χ1n) is 14.5. The van der Waals surface area contributed by atoms with E-state index in [0.717, 1.165) is 37.8 Å². The molecule has 5 heterocycles. The van der Waals surface area contributed by atoms with Crippen molar-refractivity contribution in [3.63, 3.8) is 0 Å². The molecule has 4 bridgehead atoms. The van der Waals surface area contributed by atoms with Crippen molar-refractivity contribution in [1.29, 1.82) is 0 Å². The molecule has 5 rings (SSSR count). The number of nitrogens with zero attached hydrogens (tertiary/aromatic N) is 6. The molecule has 3 aromatic rings. The molecule has 12 nitrogen and oxygen atoms in total. The third-order valence-electron chi connectivity index (χ3n) is 7.31. The molecule has 1 unspecified atom stereocenters. The predicted molar refractivity (Wildman–Crippen MR) is 153 cm³/mol. The lowest BCUT2D eigenvalue weighted by molar-refractivity contribution is 0.0184. The number of carbonyl (C=O) groups is 2. The summed E-state index contributed by atoms with van der Waals surface area (Å²) in [6.07, 6.45) is 9.26. The molecule has 2 amide bonds. The van der Waals surface area contributed by atoms with Crippen LogP contribution in [-0.2, 0) is 11.3 Å². The normalized spacial score (nSPS) is 19.4. The zero-order valence-electron chi connectivity index (χ0n) is 24.0. The highest BCUT2D eigenvalue weighted by Gasteiger charge is 2.29. The molecule has 12 heteroatoms. The maximum atomic E-state index is 13.2. The summed E-state index contributed by atoms with van der Waals surface area (Å²) in [5.41, 5.74) is 2.10. The van der Waals surface area contributed by atoms with Crippen molar-refractivity contribution in [3.05, 3.63) is 48.2 Å². The average molecular weight is 565 g/mol. The van der Waals surface area contributed by atoms with Gasteiger partial charge >= 0.3 is 6.09 Å². The van der Waals surface area contributed by atoms with Crippen LogP contribution in [0.5, 0.6) is 0 Å². The maximum absolute atomic E-state index is 13.2. The number of nitrogens with one attached hydrogen (secondary N) is 2. The maximum Gasteiger partial charge on any atom is 0.410 e. The second-order valence-electron chi connectivity index (χ2n) is 11.7. The smallest absolute Gasteiger partial charge is 0.410 e. The minimum Gasteiger partial charge on any atom is -0.444 e. The van der Waals surface area contributed by atoms with Crippen molar-refractivity contribution in [1.82, 2.24) is 34.8 Å². The molecule has 0 radical (unpaired) electrons. The van der Waals surface area contributed by atoms with E-state index in [1.165, 1.54) is 0 Å².